The van der Waals surface area contributed by atoms with Gasteiger partial charge in [-0.15, -0.1) is 0 Å². The Kier molecular flexibility index (Phi) is 2.65. The van der Waals surface area contributed by atoms with Gasteiger partial charge >= 0.3 is 0 Å². The average molecular weight is 344 g/mol. The molecule has 2 aliphatic heterocycles. The van der Waals surface area contributed by atoms with E-state index in [2.05, 4.69) is 6.58 Å². The summed E-state index contributed by atoms with van der Waals surface area (Å²) in [4.78, 5) is 26.4. The highest BCUT2D eigenvalue weighted by molar-refractivity contribution is 6.06. The number of aliphatic hydroxyl groups is 2. The lowest BCUT2D eigenvalue weighted by Crippen LogP contribution is -2.82. The molecule has 0 amide bonds. The summed E-state index contributed by atoms with van der Waals surface area (Å²) in [7, 11) is 0. The first-order valence-corrected chi connectivity index (χ1v) is 9.14. The maximum atomic E-state index is 13.2. The molecule has 5 heteroatoms. The number of carbonyl (C=O) groups is 2. The molecule has 0 aromatic heterocycles. The van der Waals surface area contributed by atoms with Gasteiger partial charge in [-0.1, -0.05) is 26.5 Å². The molecule has 6 rings (SSSR count). The van der Waals surface area contributed by atoms with E-state index in [1.54, 1.807) is 6.08 Å². The summed E-state index contributed by atoms with van der Waals surface area (Å²) in [6.07, 6.45) is 4.04. The van der Waals surface area contributed by atoms with E-state index in [1.807, 2.05) is 19.9 Å². The molecular formula is C20H24O5. The first-order valence-electron chi connectivity index (χ1n) is 9.14. The molecule has 2 N–H and O–H groups in total. The van der Waals surface area contributed by atoms with Crippen LogP contribution in [0.1, 0.15) is 33.1 Å². The Bertz CT molecular complexity index is 766. The van der Waals surface area contributed by atoms with Crippen LogP contribution in [0.15, 0.2) is 24.3 Å². The van der Waals surface area contributed by atoms with Crippen molar-refractivity contribution in [1.82, 2.24) is 0 Å². The van der Waals surface area contributed by atoms with Crippen LogP contribution in [0.25, 0.3) is 0 Å². The summed E-state index contributed by atoms with van der Waals surface area (Å²) < 4.78 is 5.80. The molecule has 6 aliphatic rings. The third kappa shape index (κ3) is 1.36. The molecule has 3 saturated carbocycles. The normalized spacial score (nSPS) is 55.3. The number of hydrogen-bond donors (Lipinski definition) is 2. The fourth-order valence-corrected chi connectivity index (χ4v) is 7.16. The smallest absolute Gasteiger partial charge is 0.205 e. The third-order valence-corrected chi connectivity index (χ3v) is 8.14. The Morgan fingerprint density at radius 1 is 1.28 bits per heavy atom. The van der Waals surface area contributed by atoms with Crippen molar-refractivity contribution in [3.63, 3.8) is 0 Å². The van der Waals surface area contributed by atoms with E-state index in [0.29, 0.717) is 18.4 Å². The highest BCUT2D eigenvalue weighted by atomic mass is 16.6. The van der Waals surface area contributed by atoms with Crippen molar-refractivity contribution >= 4 is 11.6 Å². The largest absolute Gasteiger partial charge is 0.387 e. The zero-order chi connectivity index (χ0) is 18.0. The molecule has 2 saturated heterocycles. The van der Waals surface area contributed by atoms with Crippen molar-refractivity contribution < 1.29 is 24.5 Å². The minimum absolute atomic E-state index is 0.0139. The molecule has 4 aliphatic carbocycles. The van der Waals surface area contributed by atoms with Gasteiger partial charge < -0.3 is 14.9 Å². The summed E-state index contributed by atoms with van der Waals surface area (Å²) in [6.45, 7) is 7.97. The Hall–Kier alpha value is -1.30. The molecule has 7 atom stereocenters. The molecule has 4 bridgehead atoms. The van der Waals surface area contributed by atoms with Crippen molar-refractivity contribution in [2.24, 2.45) is 34.0 Å². The number of ketones is 2. The summed E-state index contributed by atoms with van der Waals surface area (Å²) >= 11 is 0. The monoisotopic (exact) mass is 344 g/mol. The predicted octanol–water partition coefficient (Wildman–Crippen LogP) is 1.39. The molecule has 134 valence electrons. The number of carbonyl (C=O) groups excluding carboxylic acids is 2. The highest BCUT2D eigenvalue weighted by Crippen LogP contribution is 2.75. The van der Waals surface area contributed by atoms with Crippen LogP contribution in [0.3, 0.4) is 0 Å². The second-order valence-electron chi connectivity index (χ2n) is 9.32. The molecular weight excluding hydrogens is 320 g/mol. The maximum absolute atomic E-state index is 13.2. The minimum atomic E-state index is -1.94. The van der Waals surface area contributed by atoms with Crippen molar-refractivity contribution in [2.45, 2.75) is 45.0 Å². The van der Waals surface area contributed by atoms with E-state index < -0.39 is 34.1 Å². The summed E-state index contributed by atoms with van der Waals surface area (Å²) in [6, 6.07) is 0. The van der Waals surface area contributed by atoms with Crippen LogP contribution in [0, 0.1) is 34.0 Å². The predicted molar refractivity (Wildman–Crippen MR) is 88.2 cm³/mol. The first kappa shape index (κ1) is 15.9. The lowest BCUT2D eigenvalue weighted by Gasteiger charge is -2.71. The number of ether oxygens (including phenoxy) is 1. The average Bonchev–Trinajstić information content (AvgIpc) is 2.75. The fourth-order valence-electron chi connectivity index (χ4n) is 7.16. The Morgan fingerprint density at radius 3 is 2.72 bits per heavy atom. The number of allylic oxidation sites excluding steroid dienone is 3. The van der Waals surface area contributed by atoms with Crippen molar-refractivity contribution in [2.75, 3.05) is 6.61 Å². The molecule has 2 spiro atoms. The Balaban J connectivity index is 1.82. The number of aliphatic hydroxyl groups excluding tert-OH is 1. The molecule has 5 fully saturated rings. The number of Topliss-reactive ketones (excluding diaryl/α,β-unsaturated/α-hetero) is 1. The van der Waals surface area contributed by atoms with Gasteiger partial charge in [0.2, 0.25) is 5.79 Å². The maximum Gasteiger partial charge on any atom is 0.205 e. The second kappa shape index (κ2) is 4.16. The van der Waals surface area contributed by atoms with E-state index >= 15 is 0 Å². The lowest BCUT2D eigenvalue weighted by atomic mass is 9.37. The van der Waals surface area contributed by atoms with Crippen molar-refractivity contribution in [3.05, 3.63) is 24.3 Å². The quantitative estimate of drug-likeness (QED) is 0.649. The molecule has 0 unspecified atom stereocenters. The topological polar surface area (TPSA) is 83.8 Å². The van der Waals surface area contributed by atoms with Gasteiger partial charge in [0.1, 0.15) is 6.10 Å². The summed E-state index contributed by atoms with van der Waals surface area (Å²) in [5.74, 6) is -3.00. The zero-order valence-electron chi connectivity index (χ0n) is 14.6. The molecule has 0 aromatic rings. The number of fused-ring (bicyclic) bond motifs is 2. The fraction of sp³-hybridized carbons (Fsp3) is 0.700. The minimum Gasteiger partial charge on any atom is -0.387 e. The molecule has 25 heavy (non-hydrogen) atoms. The highest BCUT2D eigenvalue weighted by Gasteiger charge is 2.84. The van der Waals surface area contributed by atoms with E-state index in [1.165, 1.54) is 0 Å². The van der Waals surface area contributed by atoms with Crippen LogP contribution in [-0.2, 0) is 14.3 Å². The second-order valence-corrected chi connectivity index (χ2v) is 9.32. The number of hydrogen-bond acceptors (Lipinski definition) is 5. The summed E-state index contributed by atoms with van der Waals surface area (Å²) in [5, 5.41) is 22.7. The SMILES string of the molecule is C=C1C(=O)[C@]23C[C@H]1CC[C@H]2[C@@]12CO[C@@]3(O)[C@@H](O)[C@@H]1C(C)(C)C=CC2=O. The molecule has 5 nitrogen and oxygen atoms in total. The van der Waals surface area contributed by atoms with Gasteiger partial charge in [0, 0.05) is 5.92 Å². The Morgan fingerprint density at radius 2 is 2.00 bits per heavy atom. The van der Waals surface area contributed by atoms with Crippen LogP contribution in [0.4, 0.5) is 0 Å². The Labute approximate surface area is 146 Å². The summed E-state index contributed by atoms with van der Waals surface area (Å²) in [5.41, 5.74) is -2.14. The van der Waals surface area contributed by atoms with Crippen molar-refractivity contribution in [3.8, 4) is 0 Å². The lowest BCUT2D eigenvalue weighted by molar-refractivity contribution is -0.422. The van der Waals surface area contributed by atoms with Gasteiger partial charge in [0.25, 0.3) is 0 Å². The molecule has 0 radical (unpaired) electrons. The van der Waals surface area contributed by atoms with Crippen LogP contribution in [0.5, 0.6) is 0 Å². The molecule has 0 aromatic carbocycles. The number of rotatable bonds is 0. The zero-order valence-corrected chi connectivity index (χ0v) is 14.6. The van der Waals surface area contributed by atoms with Gasteiger partial charge in [-0.3, -0.25) is 9.59 Å². The van der Waals surface area contributed by atoms with Gasteiger partial charge in [-0.05, 0) is 48.2 Å². The third-order valence-electron chi connectivity index (χ3n) is 8.14. The van der Waals surface area contributed by atoms with Crippen LogP contribution < -0.4 is 0 Å². The van der Waals surface area contributed by atoms with E-state index in [-0.39, 0.29) is 30.0 Å². The van der Waals surface area contributed by atoms with Gasteiger partial charge in [-0.2, -0.15) is 0 Å². The van der Waals surface area contributed by atoms with Crippen LogP contribution in [-0.4, -0.2) is 40.3 Å². The van der Waals surface area contributed by atoms with E-state index in [4.69, 9.17) is 4.74 Å². The van der Waals surface area contributed by atoms with E-state index in [9.17, 15) is 19.8 Å². The van der Waals surface area contributed by atoms with Crippen molar-refractivity contribution in [1.29, 1.82) is 0 Å². The first-order chi connectivity index (χ1) is 11.6. The van der Waals surface area contributed by atoms with E-state index in [0.717, 1.165) is 6.42 Å². The van der Waals surface area contributed by atoms with Gasteiger partial charge in [0.15, 0.2) is 11.6 Å². The van der Waals surface area contributed by atoms with Crippen LogP contribution >= 0.6 is 0 Å². The van der Waals surface area contributed by atoms with Gasteiger partial charge in [-0.25, -0.2) is 0 Å². The standard InChI is InChI=1S/C20H24O5/c1-10-11-4-5-12-18-9-25-20(24,19(12,8-11)15(10)22)16(23)14(18)17(2,3)7-6-13(18)21/h6-7,11-12,14,16,23-24H,1,4-5,8-9H2,2-3H3/t11-,12+,14-,16+,18-,19+,20+/m1/s1. The molecule has 2 heterocycles. The van der Waals surface area contributed by atoms with Crippen LogP contribution in [0.2, 0.25) is 0 Å². The van der Waals surface area contributed by atoms with Gasteiger partial charge in [0.05, 0.1) is 17.4 Å².